The first-order valence-electron chi connectivity index (χ1n) is 46.1. The highest BCUT2D eigenvalue weighted by Crippen LogP contribution is 2.50. The third-order valence-corrected chi connectivity index (χ3v) is 27.4. The number of para-hydroxylation sites is 4. The number of nitrogens with zero attached hydrogens (tertiary/aromatic N) is 12. The molecule has 8 aromatic heterocycles. The minimum absolute atomic E-state index is 0.0535. The van der Waals surface area contributed by atoms with Crippen LogP contribution in [0.2, 0.25) is 15.1 Å². The number of methoxy groups -OCH3 is 2. The van der Waals surface area contributed by atoms with Crippen LogP contribution in [0.4, 0.5) is 26.3 Å². The maximum absolute atomic E-state index is 15.2. The number of carbonyl (C=O) groups is 4. The van der Waals surface area contributed by atoms with Crippen LogP contribution >= 0.6 is 34.8 Å². The van der Waals surface area contributed by atoms with Crippen LogP contribution < -0.4 is 49.7 Å². The number of nitrogens with one attached hydrogen (secondary N) is 4. The molecule has 0 radical (unpaired) electrons. The molecule has 0 saturated heterocycles. The number of fused-ring (bicyclic) bond motifs is 8. The Morgan fingerprint density at radius 2 is 0.729 bits per heavy atom. The van der Waals surface area contributed by atoms with Gasteiger partial charge in [0.2, 0.25) is 0 Å². The predicted molar refractivity (Wildman–Crippen MR) is 513 cm³/mol. The van der Waals surface area contributed by atoms with Crippen molar-refractivity contribution < 1.29 is 73.9 Å². The van der Waals surface area contributed by atoms with Gasteiger partial charge in [-0.05, 0) is 133 Å². The monoisotopic (exact) mass is 1950 g/mol. The summed E-state index contributed by atoms with van der Waals surface area (Å²) >= 11 is 19.2. The topological polar surface area (TPSA) is 293 Å². The first-order valence-corrected chi connectivity index (χ1v) is 47.3. The van der Waals surface area contributed by atoms with Crippen molar-refractivity contribution in [2.24, 2.45) is 0 Å². The fraction of sp³-hybridized carbons (Fsp3) is 0.276. The Hall–Kier alpha value is -14.6. The molecule has 0 bridgehead atoms. The Morgan fingerprint density at radius 1 is 0.371 bits per heavy atom. The van der Waals surface area contributed by atoms with Crippen molar-refractivity contribution in [2.45, 2.75) is 147 Å². The third-order valence-electron chi connectivity index (χ3n) is 26.3. The molecule has 16 aromatic rings. The zero-order valence-electron chi connectivity index (χ0n) is 76.7. The number of halogens is 9. The zero-order valence-corrected chi connectivity index (χ0v) is 79.0. The molecule has 8 aromatic carbocycles. The van der Waals surface area contributed by atoms with Gasteiger partial charge >= 0.3 is 0 Å². The SMILES string of the molecule is CCc1c(C(=O)N[C@H]2CCOc3ccccc32)cnc2c(-c3ccc(F)c(OC)c3F)c(C)nn12.COc1c(F)cc(F)c(-c2c(C)nn3c(C4CC4)c(C(=O)N[C@H]4CCOc5ccccc54)cnc23)c1F.Cc1nn2c(C3CC3)c(C(=O)N[C@H]3CCOc4ccccc43)cnc2c1-c1ccc(F)cc1Cl.Cc1nn2c(C3CC3)c(C(=O)N[C@H]3CCOc4ccccc43)cnc2c1-c1cccc(Cl)c1Cl. The van der Waals surface area contributed by atoms with Crippen molar-refractivity contribution in [3.8, 4) is 79.0 Å². The van der Waals surface area contributed by atoms with Gasteiger partial charge < -0.3 is 49.7 Å². The molecule has 3 saturated carbocycles. The molecule has 23 rings (SSSR count). The summed E-state index contributed by atoms with van der Waals surface area (Å²) in [7, 11) is 2.32. The zero-order chi connectivity index (χ0) is 97.3. The van der Waals surface area contributed by atoms with Crippen molar-refractivity contribution >= 4 is 81.0 Å². The molecule has 0 unspecified atom stereocenters. The van der Waals surface area contributed by atoms with Gasteiger partial charge in [-0.15, -0.1) is 0 Å². The summed E-state index contributed by atoms with van der Waals surface area (Å²) < 4.78 is 126. The Morgan fingerprint density at radius 3 is 1.14 bits per heavy atom. The van der Waals surface area contributed by atoms with E-state index in [1.807, 2.05) is 134 Å². The smallest absolute Gasteiger partial charge is 0.255 e. The minimum atomic E-state index is -1.17. The van der Waals surface area contributed by atoms with Gasteiger partial charge in [0.05, 0.1) is 176 Å². The minimum Gasteiger partial charge on any atom is -0.493 e. The number of benzene rings is 8. The van der Waals surface area contributed by atoms with Gasteiger partial charge in [-0.1, -0.05) is 127 Å². The van der Waals surface area contributed by atoms with Crippen molar-refractivity contribution in [3.63, 3.8) is 0 Å². The average Bonchev–Trinajstić information content (AvgIpc) is 1.57. The van der Waals surface area contributed by atoms with Gasteiger partial charge in [0.1, 0.15) is 34.6 Å². The van der Waals surface area contributed by atoms with E-state index in [0.717, 1.165) is 143 Å². The van der Waals surface area contributed by atoms with E-state index >= 15 is 8.78 Å². The molecule has 4 N–H and O–H groups in total. The van der Waals surface area contributed by atoms with Crippen LogP contribution in [-0.4, -0.2) is 123 Å². The van der Waals surface area contributed by atoms with E-state index in [9.17, 15) is 36.7 Å². The van der Waals surface area contributed by atoms with E-state index < -0.39 is 52.0 Å². The first kappa shape index (κ1) is 93.0. The Labute approximate surface area is 813 Å². The molecule has 4 amide bonds. The van der Waals surface area contributed by atoms with Gasteiger partial charge in [0.15, 0.2) is 57.4 Å². The van der Waals surface area contributed by atoms with Gasteiger partial charge in [0, 0.05) is 113 Å². The normalized spacial score (nSPS) is 16.6. The summed E-state index contributed by atoms with van der Waals surface area (Å²) in [5, 5.41) is 32.5. The van der Waals surface area contributed by atoms with E-state index in [1.54, 1.807) is 47.4 Å². The second-order valence-electron chi connectivity index (χ2n) is 35.3. The van der Waals surface area contributed by atoms with Gasteiger partial charge in [0.25, 0.3) is 23.6 Å². The Balaban J connectivity index is 0.000000115. The summed E-state index contributed by atoms with van der Waals surface area (Å²) in [5.74, 6) is -3.80. The number of carbonyl (C=O) groups excluding carboxylic acids is 4. The van der Waals surface area contributed by atoms with Gasteiger partial charge in [-0.3, -0.25) is 19.2 Å². The van der Waals surface area contributed by atoms with Crippen LogP contribution in [0, 0.1) is 62.6 Å². The molecule has 0 spiro atoms. The number of rotatable bonds is 18. The van der Waals surface area contributed by atoms with Crippen LogP contribution in [0.3, 0.4) is 0 Å². The number of hydrogen-bond acceptors (Lipinski definition) is 18. The lowest BCUT2D eigenvalue weighted by Gasteiger charge is -2.27. The maximum atomic E-state index is 15.2. The van der Waals surface area contributed by atoms with Crippen molar-refractivity contribution in [3.05, 3.63) is 316 Å². The van der Waals surface area contributed by atoms with Crippen molar-refractivity contribution in [1.29, 1.82) is 0 Å². The molecule has 3 aliphatic carbocycles. The van der Waals surface area contributed by atoms with Crippen molar-refractivity contribution in [1.82, 2.24) is 79.7 Å². The lowest BCUT2D eigenvalue weighted by molar-refractivity contribution is 0.0913. The van der Waals surface area contributed by atoms with Crippen LogP contribution in [-0.2, 0) is 6.42 Å². The fourth-order valence-corrected chi connectivity index (χ4v) is 19.9. The number of hydrogen-bond donors (Lipinski definition) is 4. The molecule has 4 aliphatic heterocycles. The second-order valence-corrected chi connectivity index (χ2v) is 36.5. The second kappa shape index (κ2) is 38.6. The fourth-order valence-electron chi connectivity index (χ4n) is 19.2. The number of aromatic nitrogens is 12. The van der Waals surface area contributed by atoms with E-state index in [-0.39, 0.29) is 88.0 Å². The maximum Gasteiger partial charge on any atom is 0.255 e. The molecule has 26 nitrogen and oxygen atoms in total. The molecule has 4 atom stereocenters. The molecule has 3 fully saturated rings. The first-order chi connectivity index (χ1) is 67.9. The highest BCUT2D eigenvalue weighted by atomic mass is 35.5. The molecule has 714 valence electrons. The molecular weight excluding hydrogens is 1870 g/mol. The number of amides is 4. The molecule has 7 aliphatic rings. The number of ether oxygens (including phenoxy) is 6. The average molecular weight is 1960 g/mol. The van der Waals surface area contributed by atoms with Crippen LogP contribution in [0.1, 0.15) is 222 Å². The molecule has 35 heteroatoms. The summed E-state index contributed by atoms with van der Waals surface area (Å²) in [6.45, 7) is 11.1. The van der Waals surface area contributed by atoms with E-state index in [0.29, 0.717) is 141 Å². The quantitative estimate of drug-likeness (QED) is 0.0580. The highest BCUT2D eigenvalue weighted by Gasteiger charge is 2.41. The highest BCUT2D eigenvalue weighted by molar-refractivity contribution is 6.44. The predicted octanol–water partition coefficient (Wildman–Crippen LogP) is 21.8. The van der Waals surface area contributed by atoms with E-state index in [2.05, 4.69) is 46.4 Å². The lowest BCUT2D eigenvalue weighted by Crippen LogP contribution is -2.33. The third kappa shape index (κ3) is 17.6. The summed E-state index contributed by atoms with van der Waals surface area (Å²) in [4.78, 5) is 72.0. The van der Waals surface area contributed by atoms with Crippen LogP contribution in [0.25, 0.3) is 67.1 Å². The standard InChI is InChI=1S/C27H23F3N4O3.C26H22Cl2N4O2.C26H22ClFN4O2.C26H24F2N4O3/c1-13-21(22-17(28)11-18(29)25(36-2)23(22)30)26-31-12-16(24(14-7-8-14)34(26)33-13)27(35)32-19-9-10-37-20-6-4-3-5-15(19)20;1-14-22(17-6-4-7-19(27)23(17)28)25-29-13-18(24(15-9-10-15)32(25)31-14)26(33)30-20-11-12-34-21-8-3-2-5-16(20)21;1-14-23(17-9-8-16(28)12-20(17)27)25-29-13-19(24(15-6-7-15)32(25)31-14)26(33)30-21-10-11-34-22-5-3-2-4-18(21)22;1-4-20-17(26(33)30-19-11-12-35-21-8-6-5-7-15(19)21)13-29-25-22(14(2)31-32(20)25)16-9-10-18(27)24(34-3)23(16)28/h3-6,11-12,14,19H,7-10H2,1-2H3,(H,32,35);2-8,13,15,20H,9-12H2,1H3,(H,30,33);2-5,8-9,12-13,15,21H,6-7,10-11H2,1H3,(H,30,33);5-10,13,19H,4,11-12H2,1-3H3,(H,30,33)/t19-;20-;21-;19-/m0000/s1. The summed E-state index contributed by atoms with van der Waals surface area (Å²) in [5.41, 5.74) is 16.0. The lowest BCUT2D eigenvalue weighted by atomic mass is 10.00. The van der Waals surface area contributed by atoms with Crippen molar-refractivity contribution in [2.75, 3.05) is 40.6 Å². The molecular formula is C105H91Cl3F6N16O10. The van der Waals surface area contributed by atoms with Gasteiger partial charge in [-0.25, -0.2) is 64.3 Å². The van der Waals surface area contributed by atoms with Gasteiger partial charge in [-0.2, -0.15) is 20.4 Å². The van der Waals surface area contributed by atoms with Crippen LogP contribution in [0.5, 0.6) is 34.5 Å². The van der Waals surface area contributed by atoms with Crippen LogP contribution in [0.15, 0.2) is 176 Å². The van der Waals surface area contributed by atoms with E-state index in [1.165, 1.54) is 42.2 Å². The molecule has 140 heavy (non-hydrogen) atoms. The largest absolute Gasteiger partial charge is 0.493 e. The summed E-state index contributed by atoms with van der Waals surface area (Å²) in [6, 6.07) is 43.1. The Bertz CT molecular complexity index is 7690. The molecule has 12 heterocycles. The summed E-state index contributed by atoms with van der Waals surface area (Å²) in [6.07, 6.45) is 15.1. The Kier molecular flexibility index (Phi) is 25.7. The van der Waals surface area contributed by atoms with E-state index in [4.69, 9.17) is 78.4 Å². The number of aryl methyl sites for hydroxylation is 5.